The number of rotatable bonds is 5. The molecule has 4 aromatic rings. The summed E-state index contributed by atoms with van der Waals surface area (Å²) in [6.07, 6.45) is 3.73. The Bertz CT molecular complexity index is 1860. The van der Waals surface area contributed by atoms with Gasteiger partial charge in [0.15, 0.2) is 17.3 Å². The summed E-state index contributed by atoms with van der Waals surface area (Å²) < 4.78 is 49.2. The molecule has 1 aliphatic carbocycles. The van der Waals surface area contributed by atoms with Crippen molar-refractivity contribution in [1.29, 1.82) is 0 Å². The van der Waals surface area contributed by atoms with Gasteiger partial charge in [0.1, 0.15) is 6.17 Å². The van der Waals surface area contributed by atoms with Crippen molar-refractivity contribution in [1.82, 2.24) is 19.5 Å². The predicted molar refractivity (Wildman–Crippen MR) is 151 cm³/mol. The van der Waals surface area contributed by atoms with E-state index >= 15 is 4.39 Å². The lowest BCUT2D eigenvalue weighted by Gasteiger charge is -2.51. The molecule has 1 saturated heterocycles. The molecule has 2 aliphatic heterocycles. The van der Waals surface area contributed by atoms with E-state index in [1.54, 1.807) is 16.5 Å². The summed E-state index contributed by atoms with van der Waals surface area (Å²) in [4.78, 5) is 37.7. The zero-order valence-electron chi connectivity index (χ0n) is 23.0. The maximum absolute atomic E-state index is 15.9. The van der Waals surface area contributed by atoms with Crippen molar-refractivity contribution >= 4 is 5.91 Å². The Morgan fingerprint density at radius 1 is 1.07 bits per heavy atom. The van der Waals surface area contributed by atoms with Crippen LogP contribution in [0.2, 0.25) is 0 Å². The summed E-state index contributed by atoms with van der Waals surface area (Å²) in [6.45, 7) is 5.59. The van der Waals surface area contributed by atoms with E-state index in [2.05, 4.69) is 16.5 Å². The highest BCUT2D eigenvalue weighted by Gasteiger charge is 2.47. The molecular formula is C31H25F2N5O5. The summed E-state index contributed by atoms with van der Waals surface area (Å²) in [7, 11) is 0. The smallest absolute Gasteiger partial charge is 0.278 e. The summed E-state index contributed by atoms with van der Waals surface area (Å²) >= 11 is 0. The van der Waals surface area contributed by atoms with E-state index < -0.39 is 35.2 Å². The zero-order valence-corrected chi connectivity index (χ0v) is 23.0. The topological polar surface area (TPSA) is 99.0 Å². The lowest BCUT2D eigenvalue weighted by molar-refractivity contribution is -0.0204. The van der Waals surface area contributed by atoms with Gasteiger partial charge in [0.25, 0.3) is 5.91 Å². The fraction of sp³-hybridized carbons (Fsp3) is 0.226. The third-order valence-corrected chi connectivity index (χ3v) is 7.80. The van der Waals surface area contributed by atoms with Crippen molar-refractivity contribution < 1.29 is 27.8 Å². The van der Waals surface area contributed by atoms with Gasteiger partial charge in [-0.3, -0.25) is 29.2 Å². The molecule has 12 heteroatoms. The molecule has 43 heavy (non-hydrogen) atoms. The molecule has 2 aromatic carbocycles. The van der Waals surface area contributed by atoms with Crippen molar-refractivity contribution in [2.24, 2.45) is 0 Å². The molecule has 0 bridgehead atoms. The molecule has 2 aromatic heterocycles. The van der Waals surface area contributed by atoms with Gasteiger partial charge in [-0.15, -0.1) is 0 Å². The Balaban J connectivity index is 1.53. The number of amides is 1. The van der Waals surface area contributed by atoms with E-state index in [0.717, 1.165) is 6.07 Å². The highest BCUT2D eigenvalue weighted by molar-refractivity contribution is 5.97. The number of pyridine rings is 1. The second-order valence-corrected chi connectivity index (χ2v) is 10.3. The van der Waals surface area contributed by atoms with Gasteiger partial charge in [0.05, 0.1) is 36.4 Å². The Labute approximate surface area is 244 Å². The van der Waals surface area contributed by atoms with E-state index in [1.165, 1.54) is 30.7 Å². The first-order valence-electron chi connectivity index (χ1n) is 13.6. The van der Waals surface area contributed by atoms with E-state index in [1.807, 2.05) is 29.3 Å². The van der Waals surface area contributed by atoms with Crippen LogP contribution in [0.1, 0.15) is 34.6 Å². The second kappa shape index (κ2) is 10.3. The highest BCUT2D eigenvalue weighted by atomic mass is 19.2. The van der Waals surface area contributed by atoms with Crippen LogP contribution in [0.15, 0.2) is 78.2 Å². The summed E-state index contributed by atoms with van der Waals surface area (Å²) in [5.74, 6) is -2.38. The molecule has 0 radical (unpaired) electrons. The summed E-state index contributed by atoms with van der Waals surface area (Å²) in [5.41, 5.74) is 1.73. The quantitative estimate of drug-likeness (QED) is 0.256. The average Bonchev–Trinajstić information content (AvgIpc) is 3.13. The van der Waals surface area contributed by atoms with Gasteiger partial charge >= 0.3 is 0 Å². The lowest BCUT2D eigenvalue weighted by Crippen LogP contribution is -2.66. The third-order valence-electron chi connectivity index (χ3n) is 7.80. The maximum Gasteiger partial charge on any atom is 0.278 e. The van der Waals surface area contributed by atoms with Gasteiger partial charge in [-0.2, -0.15) is 0 Å². The van der Waals surface area contributed by atoms with Crippen LogP contribution >= 0.6 is 0 Å². The normalized spacial score (nSPS) is 18.4. The monoisotopic (exact) mass is 585 g/mol. The molecular weight excluding hydrogens is 560 g/mol. The molecule has 3 aliphatic rings. The van der Waals surface area contributed by atoms with E-state index in [-0.39, 0.29) is 49.3 Å². The van der Waals surface area contributed by atoms with Crippen molar-refractivity contribution in [2.45, 2.75) is 19.1 Å². The fourth-order valence-corrected chi connectivity index (χ4v) is 6.00. The number of allylic oxidation sites excluding steroid dienone is 1. The van der Waals surface area contributed by atoms with Crippen LogP contribution in [0.5, 0.6) is 5.75 Å². The Morgan fingerprint density at radius 2 is 1.86 bits per heavy atom. The number of morpholine rings is 1. The molecule has 0 saturated carbocycles. The maximum atomic E-state index is 15.9. The molecule has 4 heterocycles. The van der Waals surface area contributed by atoms with Crippen molar-refractivity contribution in [3.05, 3.63) is 112 Å². The van der Waals surface area contributed by atoms with Gasteiger partial charge in [0.2, 0.25) is 18.0 Å². The number of carbonyl (C=O) groups is 1. The Kier molecular flexibility index (Phi) is 6.42. The number of ether oxygens (including phenoxy) is 3. The number of nitrogens with zero attached hydrogens (tertiary/aromatic N) is 5. The summed E-state index contributed by atoms with van der Waals surface area (Å²) in [5, 5.41) is 1.84. The summed E-state index contributed by atoms with van der Waals surface area (Å²) in [6, 6.07) is 10.4. The lowest BCUT2D eigenvalue weighted by atomic mass is 9.92. The number of fused-ring (bicyclic) bond motifs is 7. The van der Waals surface area contributed by atoms with E-state index in [0.29, 0.717) is 28.1 Å². The second-order valence-electron chi connectivity index (χ2n) is 10.3. The molecule has 7 rings (SSSR count). The minimum Gasteiger partial charge on any atom is -0.463 e. The molecule has 0 spiro atoms. The van der Waals surface area contributed by atoms with Gasteiger partial charge in [-0.05, 0) is 24.1 Å². The predicted octanol–water partition coefficient (Wildman–Crippen LogP) is 3.99. The standard InChI is InChI=1S/C31H25F2N5O5/c1-17(2)42-16-43-30-22(39)9-12-37-29(30)31(40)36-13-14-41-15-23(36)38(37)28-19-6-4-3-5-18(19)26-27(35-11-10-34-26)24-20(28)7-8-21(32)25(24)33/h3-12,23,28H,1,13-16H2,2H3/t23-,28-/m1/s1. The van der Waals surface area contributed by atoms with Gasteiger partial charge < -0.3 is 19.1 Å². The van der Waals surface area contributed by atoms with Crippen LogP contribution in [-0.2, 0) is 9.47 Å². The third kappa shape index (κ3) is 4.16. The number of halogens is 2. The highest BCUT2D eigenvalue weighted by Crippen LogP contribution is 2.47. The van der Waals surface area contributed by atoms with Crippen molar-refractivity contribution in [2.75, 3.05) is 31.6 Å². The zero-order chi connectivity index (χ0) is 29.8. The number of hydrogen-bond donors (Lipinski definition) is 0. The number of carbonyl (C=O) groups excluding carboxylic acids is 1. The van der Waals surface area contributed by atoms with E-state index in [4.69, 9.17) is 14.2 Å². The van der Waals surface area contributed by atoms with Crippen LogP contribution < -0.4 is 15.2 Å². The minimum atomic E-state index is -1.07. The molecule has 0 unspecified atom stereocenters. The Morgan fingerprint density at radius 3 is 2.67 bits per heavy atom. The van der Waals surface area contributed by atoms with Gasteiger partial charge in [-0.1, -0.05) is 36.9 Å². The largest absolute Gasteiger partial charge is 0.463 e. The SMILES string of the molecule is C=C(C)OCOc1c2n(ccc1=O)N([C@@H]1c3ccccc3-c3nccnc3-c3c1ccc(F)c3F)[C@@H]1COCCN1C2=O. The molecule has 1 fully saturated rings. The van der Waals surface area contributed by atoms with Crippen LogP contribution in [0.3, 0.4) is 0 Å². The minimum absolute atomic E-state index is 0.0319. The first-order chi connectivity index (χ1) is 20.9. The average molecular weight is 586 g/mol. The van der Waals surface area contributed by atoms with Crippen molar-refractivity contribution in [3.8, 4) is 28.3 Å². The van der Waals surface area contributed by atoms with E-state index in [9.17, 15) is 14.0 Å². The first-order valence-corrected chi connectivity index (χ1v) is 13.6. The molecule has 10 nitrogen and oxygen atoms in total. The number of hydrogen-bond acceptors (Lipinski definition) is 8. The van der Waals surface area contributed by atoms with Crippen LogP contribution in [0, 0.1) is 11.6 Å². The molecule has 0 N–H and O–H groups in total. The van der Waals surface area contributed by atoms with Gasteiger partial charge in [0, 0.05) is 42.3 Å². The van der Waals surface area contributed by atoms with Crippen LogP contribution in [0.4, 0.5) is 8.78 Å². The first kappa shape index (κ1) is 26.8. The number of benzene rings is 2. The van der Waals surface area contributed by atoms with Crippen molar-refractivity contribution in [3.63, 3.8) is 0 Å². The Hall–Kier alpha value is -5.10. The van der Waals surface area contributed by atoms with Crippen LogP contribution in [-0.4, -0.2) is 58.2 Å². The molecule has 218 valence electrons. The molecule has 2 atom stereocenters. The number of aromatic nitrogens is 3. The van der Waals surface area contributed by atoms with Crippen LogP contribution in [0.25, 0.3) is 22.5 Å². The molecule has 1 amide bonds. The van der Waals surface area contributed by atoms with Gasteiger partial charge in [-0.25, -0.2) is 8.78 Å². The fourth-order valence-electron chi connectivity index (χ4n) is 6.00.